The maximum Gasteiger partial charge on any atom is 0.306 e. The van der Waals surface area contributed by atoms with Crippen molar-refractivity contribution < 1.29 is 14.3 Å². The van der Waals surface area contributed by atoms with Crippen LogP contribution in [0.5, 0.6) is 0 Å². The minimum Gasteiger partial charge on any atom is -0.456 e. The number of benzene rings is 1. The highest BCUT2D eigenvalue weighted by Crippen LogP contribution is 2.49. The van der Waals surface area contributed by atoms with Crippen LogP contribution in [0.1, 0.15) is 37.7 Å². The highest BCUT2D eigenvalue weighted by Gasteiger charge is 2.40. The quantitative estimate of drug-likeness (QED) is 0.811. The van der Waals surface area contributed by atoms with Gasteiger partial charge in [-0.25, -0.2) is 0 Å². The van der Waals surface area contributed by atoms with Crippen LogP contribution in [-0.4, -0.2) is 18.5 Å². The zero-order valence-corrected chi connectivity index (χ0v) is 13.8. The lowest BCUT2D eigenvalue weighted by Gasteiger charge is -2.20. The maximum atomic E-state index is 11.9. The van der Waals surface area contributed by atoms with Crippen LogP contribution >= 0.6 is 11.6 Å². The minimum atomic E-state index is -0.277. The highest BCUT2D eigenvalue weighted by molar-refractivity contribution is 6.30. The number of fused-ring (bicyclic) bond motifs is 2. The molecule has 4 nitrogen and oxygen atoms in total. The second-order valence-corrected chi connectivity index (χ2v) is 7.14. The fraction of sp³-hybridized carbons (Fsp3) is 0.556. The molecule has 2 bridgehead atoms. The number of ether oxygens (including phenoxy) is 1. The SMILES string of the molecule is O=C(COC(=O)C[C@@H]1C[C@@H]2CC[C@H]1C2)NCc1ccc(Cl)cc1. The molecule has 0 radical (unpaired) electrons. The summed E-state index contributed by atoms with van der Waals surface area (Å²) in [6, 6.07) is 7.25. The summed E-state index contributed by atoms with van der Waals surface area (Å²) in [5.74, 6) is 1.47. The highest BCUT2D eigenvalue weighted by atomic mass is 35.5. The Bertz CT molecular complexity index is 572. The molecule has 124 valence electrons. The molecular formula is C18H22ClNO3. The van der Waals surface area contributed by atoms with Gasteiger partial charge in [-0.15, -0.1) is 0 Å². The number of nitrogens with one attached hydrogen (secondary N) is 1. The van der Waals surface area contributed by atoms with Gasteiger partial charge in [0.05, 0.1) is 0 Å². The molecule has 23 heavy (non-hydrogen) atoms. The van der Waals surface area contributed by atoms with Crippen LogP contribution < -0.4 is 5.32 Å². The summed E-state index contributed by atoms with van der Waals surface area (Å²) in [4.78, 5) is 23.6. The molecule has 0 aromatic heterocycles. The van der Waals surface area contributed by atoms with Crippen molar-refractivity contribution in [2.24, 2.45) is 17.8 Å². The van der Waals surface area contributed by atoms with Crippen LogP contribution in [0.4, 0.5) is 0 Å². The van der Waals surface area contributed by atoms with Gasteiger partial charge in [-0.1, -0.05) is 30.2 Å². The van der Waals surface area contributed by atoms with Crippen molar-refractivity contribution in [2.45, 2.75) is 38.6 Å². The average Bonchev–Trinajstić information content (AvgIpc) is 3.15. The van der Waals surface area contributed by atoms with Gasteiger partial charge in [0.25, 0.3) is 5.91 Å². The summed E-state index contributed by atoms with van der Waals surface area (Å²) in [5.41, 5.74) is 0.955. The summed E-state index contributed by atoms with van der Waals surface area (Å²) in [6.45, 7) is 0.202. The average molecular weight is 336 g/mol. The largest absolute Gasteiger partial charge is 0.456 e. The predicted octanol–water partition coefficient (Wildman–Crippen LogP) is 3.33. The monoisotopic (exact) mass is 335 g/mol. The van der Waals surface area contributed by atoms with E-state index in [4.69, 9.17) is 16.3 Å². The van der Waals surface area contributed by atoms with E-state index in [1.54, 1.807) is 12.1 Å². The van der Waals surface area contributed by atoms with Crippen LogP contribution in [0.25, 0.3) is 0 Å². The van der Waals surface area contributed by atoms with Gasteiger partial charge in [-0.2, -0.15) is 0 Å². The zero-order chi connectivity index (χ0) is 16.2. The van der Waals surface area contributed by atoms with E-state index in [1.807, 2.05) is 12.1 Å². The van der Waals surface area contributed by atoms with Crippen molar-refractivity contribution in [3.05, 3.63) is 34.9 Å². The number of carbonyl (C=O) groups is 2. The van der Waals surface area contributed by atoms with E-state index in [0.29, 0.717) is 29.8 Å². The third-order valence-corrected chi connectivity index (χ3v) is 5.33. The fourth-order valence-corrected chi connectivity index (χ4v) is 4.03. The number of carbonyl (C=O) groups excluding carboxylic acids is 2. The van der Waals surface area contributed by atoms with E-state index in [9.17, 15) is 9.59 Å². The molecule has 1 aromatic rings. The van der Waals surface area contributed by atoms with Gasteiger partial charge in [-0.3, -0.25) is 9.59 Å². The van der Waals surface area contributed by atoms with E-state index in [1.165, 1.54) is 19.3 Å². The maximum absolute atomic E-state index is 11.9. The summed E-state index contributed by atoms with van der Waals surface area (Å²) in [7, 11) is 0. The molecule has 5 heteroatoms. The van der Waals surface area contributed by atoms with Crippen molar-refractivity contribution in [3.63, 3.8) is 0 Å². The van der Waals surface area contributed by atoms with Crippen LogP contribution in [-0.2, 0) is 20.9 Å². The molecule has 2 saturated carbocycles. The molecule has 0 unspecified atom stereocenters. The topological polar surface area (TPSA) is 55.4 Å². The Kier molecular flexibility index (Phi) is 5.21. The third kappa shape index (κ3) is 4.47. The smallest absolute Gasteiger partial charge is 0.306 e. The zero-order valence-electron chi connectivity index (χ0n) is 13.1. The number of hydrogen-bond donors (Lipinski definition) is 1. The molecule has 3 atom stereocenters. The first-order chi connectivity index (χ1) is 11.1. The number of rotatable bonds is 6. The van der Waals surface area contributed by atoms with Gasteiger partial charge in [-0.05, 0) is 54.7 Å². The van der Waals surface area contributed by atoms with Crippen LogP contribution in [0.15, 0.2) is 24.3 Å². The molecular weight excluding hydrogens is 314 g/mol. The second kappa shape index (κ2) is 7.35. The standard InChI is InChI=1S/C18H22ClNO3/c19-16-5-2-12(3-6-16)10-20-17(21)11-23-18(22)9-15-8-13-1-4-14(15)7-13/h2-3,5-6,13-15H,1,4,7-11H2,(H,20,21)/t13-,14+,15+/m1/s1. The number of hydrogen-bond acceptors (Lipinski definition) is 3. The number of amides is 1. The first-order valence-electron chi connectivity index (χ1n) is 8.27. The Labute approximate surface area is 141 Å². The van der Waals surface area contributed by atoms with Gasteiger partial charge in [0.15, 0.2) is 6.61 Å². The predicted molar refractivity (Wildman–Crippen MR) is 87.8 cm³/mol. The normalized spacial score (nSPS) is 25.3. The number of esters is 1. The minimum absolute atomic E-state index is 0.201. The van der Waals surface area contributed by atoms with Gasteiger partial charge in [0.2, 0.25) is 0 Å². The van der Waals surface area contributed by atoms with Crippen molar-refractivity contribution in [1.29, 1.82) is 0 Å². The molecule has 2 aliphatic rings. The molecule has 0 spiro atoms. The Balaban J connectivity index is 1.34. The summed E-state index contributed by atoms with van der Waals surface area (Å²) >= 11 is 5.81. The van der Waals surface area contributed by atoms with E-state index in [-0.39, 0.29) is 18.5 Å². The van der Waals surface area contributed by atoms with Gasteiger partial charge in [0.1, 0.15) is 0 Å². The first kappa shape index (κ1) is 16.3. The Morgan fingerprint density at radius 3 is 2.61 bits per heavy atom. The van der Waals surface area contributed by atoms with E-state index >= 15 is 0 Å². The molecule has 0 heterocycles. The second-order valence-electron chi connectivity index (χ2n) is 6.70. The lowest BCUT2D eigenvalue weighted by atomic mass is 9.86. The first-order valence-corrected chi connectivity index (χ1v) is 8.64. The third-order valence-electron chi connectivity index (χ3n) is 5.08. The Morgan fingerprint density at radius 2 is 1.96 bits per heavy atom. The molecule has 2 aliphatic carbocycles. The van der Waals surface area contributed by atoms with Crippen molar-refractivity contribution in [3.8, 4) is 0 Å². The lowest BCUT2D eigenvalue weighted by molar-refractivity contribution is -0.149. The van der Waals surface area contributed by atoms with Crippen molar-refractivity contribution in [1.82, 2.24) is 5.32 Å². The fourth-order valence-electron chi connectivity index (χ4n) is 3.90. The van der Waals surface area contributed by atoms with Gasteiger partial charge >= 0.3 is 5.97 Å². The molecule has 0 saturated heterocycles. The van der Waals surface area contributed by atoms with Crippen LogP contribution in [0.2, 0.25) is 5.02 Å². The van der Waals surface area contributed by atoms with Gasteiger partial charge < -0.3 is 10.1 Å². The van der Waals surface area contributed by atoms with E-state index < -0.39 is 0 Å². The Morgan fingerprint density at radius 1 is 1.17 bits per heavy atom. The van der Waals surface area contributed by atoms with Crippen LogP contribution in [0, 0.1) is 17.8 Å². The van der Waals surface area contributed by atoms with Gasteiger partial charge in [0, 0.05) is 18.0 Å². The number of halogens is 1. The summed E-state index contributed by atoms with van der Waals surface area (Å²) < 4.78 is 5.11. The summed E-state index contributed by atoms with van der Waals surface area (Å²) in [5, 5.41) is 3.40. The van der Waals surface area contributed by atoms with E-state index in [2.05, 4.69) is 5.32 Å². The van der Waals surface area contributed by atoms with E-state index in [0.717, 1.165) is 17.9 Å². The summed E-state index contributed by atoms with van der Waals surface area (Å²) in [6.07, 6.45) is 5.47. The van der Waals surface area contributed by atoms with Crippen LogP contribution in [0.3, 0.4) is 0 Å². The van der Waals surface area contributed by atoms with Crippen molar-refractivity contribution in [2.75, 3.05) is 6.61 Å². The van der Waals surface area contributed by atoms with Crippen molar-refractivity contribution >= 4 is 23.5 Å². The molecule has 2 fully saturated rings. The molecule has 3 rings (SSSR count). The molecule has 1 amide bonds. The molecule has 1 aromatic carbocycles. The molecule has 1 N–H and O–H groups in total. The lowest BCUT2D eigenvalue weighted by Crippen LogP contribution is -2.29. The molecule has 0 aliphatic heterocycles. The Hall–Kier alpha value is -1.55.